The van der Waals surface area contributed by atoms with E-state index >= 15 is 0 Å². The van der Waals surface area contributed by atoms with E-state index in [1.807, 2.05) is 0 Å². The van der Waals surface area contributed by atoms with E-state index in [2.05, 4.69) is 21.2 Å². The number of hydrogen-bond acceptors (Lipinski definition) is 2. The summed E-state index contributed by atoms with van der Waals surface area (Å²) in [4.78, 5) is 23.5. The van der Waals surface area contributed by atoms with Gasteiger partial charge in [-0.1, -0.05) is 34.1 Å². The van der Waals surface area contributed by atoms with Crippen molar-refractivity contribution in [3.05, 3.63) is 69.7 Å². The van der Waals surface area contributed by atoms with Crippen molar-refractivity contribution in [1.82, 2.24) is 5.32 Å². The molecule has 0 saturated heterocycles. The lowest BCUT2D eigenvalue weighted by Gasteiger charge is -2.16. The Bertz CT molecular complexity index is 775. The third-order valence-corrected chi connectivity index (χ3v) is 4.23. The molecule has 4 nitrogen and oxygen atoms in total. The Morgan fingerprint density at radius 2 is 1.68 bits per heavy atom. The Hall–Kier alpha value is -2.35. The molecule has 0 aliphatic carbocycles. The summed E-state index contributed by atoms with van der Waals surface area (Å²) in [6.07, 6.45) is -4.47. The van der Waals surface area contributed by atoms with Gasteiger partial charge in [0.25, 0.3) is 5.91 Å². The van der Waals surface area contributed by atoms with Gasteiger partial charge in [0.15, 0.2) is 0 Å². The molecule has 0 aromatic heterocycles. The molecule has 0 heterocycles. The molecule has 1 amide bonds. The van der Waals surface area contributed by atoms with Gasteiger partial charge in [0, 0.05) is 16.5 Å². The Morgan fingerprint density at radius 3 is 2.20 bits per heavy atom. The van der Waals surface area contributed by atoms with E-state index in [9.17, 15) is 27.9 Å². The first-order valence-electron chi connectivity index (χ1n) is 7.13. The van der Waals surface area contributed by atoms with Crippen LogP contribution < -0.4 is 5.32 Å². The average molecular weight is 416 g/mol. The molecular weight excluding hydrogens is 403 g/mol. The normalized spacial score (nSPS) is 12.5. The quantitative estimate of drug-likeness (QED) is 0.778. The van der Waals surface area contributed by atoms with Crippen LogP contribution in [-0.2, 0) is 17.4 Å². The Balaban J connectivity index is 2.13. The zero-order valence-electron chi connectivity index (χ0n) is 12.7. The predicted molar refractivity (Wildman–Crippen MR) is 88.2 cm³/mol. The second-order valence-electron chi connectivity index (χ2n) is 5.23. The molecule has 0 spiro atoms. The van der Waals surface area contributed by atoms with Crippen molar-refractivity contribution in [3.63, 3.8) is 0 Å². The second-order valence-corrected chi connectivity index (χ2v) is 6.09. The first-order valence-corrected chi connectivity index (χ1v) is 7.92. The fourth-order valence-corrected chi connectivity index (χ4v) is 2.58. The number of carboxylic acids is 1. The van der Waals surface area contributed by atoms with E-state index in [1.165, 1.54) is 0 Å². The number of nitrogens with one attached hydrogen (secondary N) is 1. The van der Waals surface area contributed by atoms with Crippen LogP contribution in [0.4, 0.5) is 13.2 Å². The SMILES string of the molecule is O=C(N[C@H](Cc1ccccc1Br)C(=O)O)c1ccc(C(F)(F)F)cc1. The van der Waals surface area contributed by atoms with Crippen molar-refractivity contribution in [2.75, 3.05) is 0 Å². The summed E-state index contributed by atoms with van der Waals surface area (Å²) in [5.74, 6) is -2.00. The van der Waals surface area contributed by atoms with Gasteiger partial charge in [0.2, 0.25) is 0 Å². The van der Waals surface area contributed by atoms with Gasteiger partial charge in [0.1, 0.15) is 6.04 Å². The Labute approximate surface area is 149 Å². The molecule has 25 heavy (non-hydrogen) atoms. The van der Waals surface area contributed by atoms with E-state index in [1.54, 1.807) is 24.3 Å². The minimum absolute atomic E-state index is 0.0309. The molecule has 1 atom stereocenters. The van der Waals surface area contributed by atoms with Crippen molar-refractivity contribution in [1.29, 1.82) is 0 Å². The molecule has 2 N–H and O–H groups in total. The van der Waals surface area contributed by atoms with Crippen LogP contribution >= 0.6 is 15.9 Å². The summed E-state index contributed by atoms with van der Waals surface area (Å²) in [5.41, 5.74) is -0.249. The molecule has 2 aromatic carbocycles. The number of benzene rings is 2. The number of rotatable bonds is 5. The van der Waals surface area contributed by atoms with E-state index in [0.29, 0.717) is 10.0 Å². The highest BCUT2D eigenvalue weighted by atomic mass is 79.9. The summed E-state index contributed by atoms with van der Waals surface area (Å²) in [5, 5.41) is 11.6. The molecule has 0 radical (unpaired) electrons. The van der Waals surface area contributed by atoms with Gasteiger partial charge in [-0.3, -0.25) is 4.79 Å². The van der Waals surface area contributed by atoms with Gasteiger partial charge in [-0.05, 0) is 35.9 Å². The lowest BCUT2D eigenvalue weighted by molar-refractivity contribution is -0.139. The lowest BCUT2D eigenvalue weighted by atomic mass is 10.1. The average Bonchev–Trinajstić information content (AvgIpc) is 2.55. The number of halogens is 4. The molecule has 0 unspecified atom stereocenters. The predicted octanol–water partition coefficient (Wildman–Crippen LogP) is 3.89. The van der Waals surface area contributed by atoms with Crippen LogP contribution in [0.15, 0.2) is 53.0 Å². The molecule has 8 heteroatoms. The van der Waals surface area contributed by atoms with Crippen molar-refractivity contribution >= 4 is 27.8 Å². The summed E-state index contributed by atoms with van der Waals surface area (Å²) < 4.78 is 38.3. The highest BCUT2D eigenvalue weighted by molar-refractivity contribution is 9.10. The molecule has 0 bridgehead atoms. The van der Waals surface area contributed by atoms with Crippen LogP contribution in [0.5, 0.6) is 0 Å². The Morgan fingerprint density at radius 1 is 1.08 bits per heavy atom. The standard InChI is InChI=1S/C17H13BrF3NO3/c18-13-4-2-1-3-11(13)9-14(16(24)25)22-15(23)10-5-7-12(8-6-10)17(19,20)21/h1-8,14H,9H2,(H,22,23)(H,24,25)/t14-/m1/s1. The molecule has 2 aromatic rings. The zero-order chi connectivity index (χ0) is 18.6. The number of aliphatic carboxylic acids is 1. The maximum Gasteiger partial charge on any atom is 0.416 e. The molecule has 0 saturated carbocycles. The molecule has 2 rings (SSSR count). The summed E-state index contributed by atoms with van der Waals surface area (Å²) in [6, 6.07) is 9.31. The van der Waals surface area contributed by atoms with Crippen LogP contribution in [0.25, 0.3) is 0 Å². The smallest absolute Gasteiger partial charge is 0.416 e. The molecular formula is C17H13BrF3NO3. The number of amides is 1. The summed E-state index contributed by atoms with van der Waals surface area (Å²) >= 11 is 3.30. The monoisotopic (exact) mass is 415 g/mol. The van der Waals surface area contributed by atoms with Crippen LogP contribution in [0.3, 0.4) is 0 Å². The van der Waals surface area contributed by atoms with Gasteiger partial charge in [-0.25, -0.2) is 4.79 Å². The fraction of sp³-hybridized carbons (Fsp3) is 0.176. The van der Waals surface area contributed by atoms with Gasteiger partial charge in [0.05, 0.1) is 5.56 Å². The minimum Gasteiger partial charge on any atom is -0.480 e. The van der Waals surface area contributed by atoms with E-state index in [4.69, 9.17) is 0 Å². The summed E-state index contributed by atoms with van der Waals surface area (Å²) in [7, 11) is 0. The maximum absolute atomic E-state index is 12.5. The second kappa shape index (κ2) is 7.69. The largest absolute Gasteiger partial charge is 0.480 e. The van der Waals surface area contributed by atoms with Gasteiger partial charge < -0.3 is 10.4 Å². The van der Waals surface area contributed by atoms with Crippen LogP contribution in [0.2, 0.25) is 0 Å². The van der Waals surface area contributed by atoms with Crippen LogP contribution in [0, 0.1) is 0 Å². The van der Waals surface area contributed by atoms with Crippen molar-refractivity contribution in [3.8, 4) is 0 Å². The van der Waals surface area contributed by atoms with Gasteiger partial charge in [-0.2, -0.15) is 13.2 Å². The maximum atomic E-state index is 12.5. The van der Waals surface area contributed by atoms with Crippen molar-refractivity contribution in [2.45, 2.75) is 18.6 Å². The van der Waals surface area contributed by atoms with E-state index < -0.39 is 29.7 Å². The first-order chi connectivity index (χ1) is 11.7. The lowest BCUT2D eigenvalue weighted by Crippen LogP contribution is -2.42. The highest BCUT2D eigenvalue weighted by Gasteiger charge is 2.30. The molecule has 0 aliphatic heterocycles. The van der Waals surface area contributed by atoms with Crippen molar-refractivity contribution < 1.29 is 27.9 Å². The van der Waals surface area contributed by atoms with Gasteiger partial charge in [-0.15, -0.1) is 0 Å². The number of hydrogen-bond donors (Lipinski definition) is 2. The third-order valence-electron chi connectivity index (χ3n) is 3.46. The van der Waals surface area contributed by atoms with Crippen LogP contribution in [-0.4, -0.2) is 23.0 Å². The van der Waals surface area contributed by atoms with Gasteiger partial charge >= 0.3 is 12.1 Å². The van der Waals surface area contributed by atoms with E-state index in [0.717, 1.165) is 24.3 Å². The summed E-state index contributed by atoms with van der Waals surface area (Å²) in [6.45, 7) is 0. The molecule has 132 valence electrons. The van der Waals surface area contributed by atoms with E-state index in [-0.39, 0.29) is 12.0 Å². The number of alkyl halides is 3. The van der Waals surface area contributed by atoms with Crippen LogP contribution in [0.1, 0.15) is 21.5 Å². The highest BCUT2D eigenvalue weighted by Crippen LogP contribution is 2.29. The minimum atomic E-state index is -4.50. The number of carbonyl (C=O) groups is 2. The number of carboxylic acid groups (broad SMARTS) is 1. The fourth-order valence-electron chi connectivity index (χ4n) is 2.14. The first kappa shape index (κ1) is 19.0. The number of carbonyl (C=O) groups excluding carboxylic acids is 1. The Kier molecular flexibility index (Phi) is 5.84. The topological polar surface area (TPSA) is 66.4 Å². The zero-order valence-corrected chi connectivity index (χ0v) is 14.3. The van der Waals surface area contributed by atoms with Crippen molar-refractivity contribution in [2.24, 2.45) is 0 Å². The molecule has 0 aliphatic rings. The third kappa shape index (κ3) is 5.06. The molecule has 0 fully saturated rings.